The number of rotatable bonds is 3. The molecule has 0 saturated carbocycles. The van der Waals surface area contributed by atoms with Crippen LogP contribution < -0.4 is 5.32 Å². The maximum Gasteiger partial charge on any atom is 0.322 e. The summed E-state index contributed by atoms with van der Waals surface area (Å²) in [6.07, 6.45) is 4.55. The van der Waals surface area contributed by atoms with Gasteiger partial charge in [-0.05, 0) is 25.5 Å². The molecular formula is C17H22N4O2. The molecule has 1 aromatic heterocycles. The summed E-state index contributed by atoms with van der Waals surface area (Å²) in [6.45, 7) is 5.30. The van der Waals surface area contributed by atoms with Gasteiger partial charge in [-0.3, -0.25) is 0 Å². The molecular weight excluding hydrogens is 292 g/mol. The Kier molecular flexibility index (Phi) is 4.62. The lowest BCUT2D eigenvalue weighted by molar-refractivity contribution is -0.0632. The van der Waals surface area contributed by atoms with E-state index in [-0.39, 0.29) is 18.2 Å². The minimum absolute atomic E-state index is 0.0616. The third-order valence-corrected chi connectivity index (χ3v) is 3.92. The molecule has 3 rings (SSSR count). The van der Waals surface area contributed by atoms with Crippen LogP contribution in [0, 0.1) is 0 Å². The van der Waals surface area contributed by atoms with Crippen molar-refractivity contribution in [2.75, 3.05) is 18.4 Å². The third kappa shape index (κ3) is 3.71. The minimum atomic E-state index is -0.105. The maximum absolute atomic E-state index is 12.4. The van der Waals surface area contributed by atoms with Crippen LogP contribution in [-0.4, -0.2) is 46.0 Å². The summed E-state index contributed by atoms with van der Waals surface area (Å²) in [6, 6.07) is 9.69. The van der Waals surface area contributed by atoms with Gasteiger partial charge in [0, 0.05) is 13.1 Å². The molecule has 0 bridgehead atoms. The first-order valence-electron chi connectivity index (χ1n) is 7.97. The van der Waals surface area contributed by atoms with Crippen LogP contribution in [-0.2, 0) is 4.74 Å². The number of morpholine rings is 1. The molecule has 6 heteroatoms. The summed E-state index contributed by atoms with van der Waals surface area (Å²) < 4.78 is 7.53. The van der Waals surface area contributed by atoms with Crippen molar-refractivity contribution in [2.24, 2.45) is 0 Å². The summed E-state index contributed by atoms with van der Waals surface area (Å²) in [5.41, 5.74) is 1.64. The van der Waals surface area contributed by atoms with Gasteiger partial charge in [0.05, 0.1) is 36.0 Å². The van der Waals surface area contributed by atoms with Crippen molar-refractivity contribution in [3.63, 3.8) is 0 Å². The molecule has 1 fully saturated rings. The predicted molar refractivity (Wildman–Crippen MR) is 88.8 cm³/mol. The summed E-state index contributed by atoms with van der Waals surface area (Å²) in [7, 11) is 0. The van der Waals surface area contributed by atoms with Crippen LogP contribution in [0.1, 0.15) is 20.3 Å². The number of benzene rings is 1. The van der Waals surface area contributed by atoms with E-state index in [4.69, 9.17) is 4.74 Å². The first-order valence-corrected chi connectivity index (χ1v) is 7.97. The molecule has 122 valence electrons. The summed E-state index contributed by atoms with van der Waals surface area (Å²) in [4.78, 5) is 14.3. The van der Waals surface area contributed by atoms with Crippen molar-refractivity contribution in [1.29, 1.82) is 0 Å². The molecule has 1 N–H and O–H groups in total. The van der Waals surface area contributed by atoms with Crippen LogP contribution >= 0.6 is 0 Å². The molecule has 0 aliphatic carbocycles. The smallest absolute Gasteiger partial charge is 0.322 e. The number of amides is 2. The predicted octanol–water partition coefficient (Wildman–Crippen LogP) is 2.90. The van der Waals surface area contributed by atoms with Gasteiger partial charge in [0.1, 0.15) is 0 Å². The largest absolute Gasteiger partial charge is 0.372 e. The highest BCUT2D eigenvalue weighted by Gasteiger charge is 2.27. The van der Waals surface area contributed by atoms with Gasteiger partial charge in [-0.15, -0.1) is 0 Å². The summed E-state index contributed by atoms with van der Waals surface area (Å²) in [5.74, 6) is 0. The number of para-hydroxylation sites is 1. The van der Waals surface area contributed by atoms with Gasteiger partial charge in [-0.1, -0.05) is 25.1 Å². The lowest BCUT2D eigenvalue weighted by Gasteiger charge is -2.36. The van der Waals surface area contributed by atoms with Crippen molar-refractivity contribution in [1.82, 2.24) is 14.7 Å². The molecule has 2 heterocycles. The Bertz CT molecular complexity index is 656. The molecule has 0 spiro atoms. The SMILES string of the molecule is CC[C@H]1CN(C(=O)Nc2cnn(-c3ccccc3)c2)C[C@H](C)O1. The molecule has 1 aliphatic rings. The number of urea groups is 1. The van der Waals surface area contributed by atoms with Gasteiger partial charge in [0.25, 0.3) is 0 Å². The van der Waals surface area contributed by atoms with E-state index in [2.05, 4.69) is 17.3 Å². The highest BCUT2D eigenvalue weighted by molar-refractivity contribution is 5.89. The standard InChI is InChI=1S/C17H22N4O2/c1-3-16-12-20(10-13(2)23-16)17(22)19-14-9-18-21(11-14)15-7-5-4-6-8-15/h4-9,11,13,16H,3,10,12H2,1-2H3,(H,19,22)/t13-,16-/m0/s1. The zero-order chi connectivity index (χ0) is 16.2. The Balaban J connectivity index is 1.65. The number of anilines is 1. The second kappa shape index (κ2) is 6.83. The van der Waals surface area contributed by atoms with E-state index in [9.17, 15) is 4.79 Å². The average molecular weight is 314 g/mol. The molecule has 6 nitrogen and oxygen atoms in total. The van der Waals surface area contributed by atoms with E-state index in [0.29, 0.717) is 18.8 Å². The Morgan fingerprint density at radius 3 is 2.87 bits per heavy atom. The Hall–Kier alpha value is -2.34. The Morgan fingerprint density at radius 2 is 2.13 bits per heavy atom. The second-order valence-corrected chi connectivity index (χ2v) is 5.82. The molecule has 1 saturated heterocycles. The number of hydrogen-bond donors (Lipinski definition) is 1. The van der Waals surface area contributed by atoms with Crippen LogP contribution in [0.2, 0.25) is 0 Å². The fraction of sp³-hybridized carbons (Fsp3) is 0.412. The van der Waals surface area contributed by atoms with Gasteiger partial charge in [-0.25, -0.2) is 9.48 Å². The lowest BCUT2D eigenvalue weighted by Crippen LogP contribution is -2.50. The Labute approximate surface area is 136 Å². The first-order chi connectivity index (χ1) is 11.2. The fourth-order valence-corrected chi connectivity index (χ4v) is 2.75. The van der Waals surface area contributed by atoms with Gasteiger partial charge in [0.2, 0.25) is 0 Å². The van der Waals surface area contributed by atoms with E-state index < -0.39 is 0 Å². The lowest BCUT2D eigenvalue weighted by atomic mass is 10.2. The monoisotopic (exact) mass is 314 g/mol. The summed E-state index contributed by atoms with van der Waals surface area (Å²) in [5, 5.41) is 7.20. The van der Waals surface area contributed by atoms with E-state index >= 15 is 0 Å². The molecule has 2 aromatic rings. The molecule has 0 radical (unpaired) electrons. The van der Waals surface area contributed by atoms with Crippen molar-refractivity contribution in [3.8, 4) is 5.69 Å². The van der Waals surface area contributed by atoms with Crippen LogP contribution in [0.5, 0.6) is 0 Å². The minimum Gasteiger partial charge on any atom is -0.372 e. The quantitative estimate of drug-likeness (QED) is 0.947. The number of aromatic nitrogens is 2. The van der Waals surface area contributed by atoms with Crippen molar-refractivity contribution < 1.29 is 9.53 Å². The Morgan fingerprint density at radius 1 is 1.35 bits per heavy atom. The summed E-state index contributed by atoms with van der Waals surface area (Å²) >= 11 is 0. The highest BCUT2D eigenvalue weighted by atomic mass is 16.5. The zero-order valence-corrected chi connectivity index (χ0v) is 13.5. The van der Waals surface area contributed by atoms with Gasteiger partial charge in [-0.2, -0.15) is 5.10 Å². The topological polar surface area (TPSA) is 59.4 Å². The first kappa shape index (κ1) is 15.6. The van der Waals surface area contributed by atoms with Crippen molar-refractivity contribution >= 4 is 11.7 Å². The molecule has 2 amide bonds. The van der Waals surface area contributed by atoms with Crippen LogP contribution in [0.25, 0.3) is 5.69 Å². The maximum atomic E-state index is 12.4. The van der Waals surface area contributed by atoms with Gasteiger partial charge >= 0.3 is 6.03 Å². The zero-order valence-electron chi connectivity index (χ0n) is 13.5. The van der Waals surface area contributed by atoms with Crippen molar-refractivity contribution in [3.05, 3.63) is 42.7 Å². The van der Waals surface area contributed by atoms with E-state index in [0.717, 1.165) is 12.1 Å². The van der Waals surface area contributed by atoms with Crippen LogP contribution in [0.4, 0.5) is 10.5 Å². The number of carbonyl (C=O) groups is 1. The number of nitrogens with zero attached hydrogens (tertiary/aromatic N) is 3. The van der Waals surface area contributed by atoms with Gasteiger partial charge < -0.3 is 15.0 Å². The molecule has 1 aromatic carbocycles. The number of carbonyl (C=O) groups excluding carboxylic acids is 1. The van der Waals surface area contributed by atoms with Crippen LogP contribution in [0.15, 0.2) is 42.7 Å². The second-order valence-electron chi connectivity index (χ2n) is 5.82. The highest BCUT2D eigenvalue weighted by Crippen LogP contribution is 2.16. The van der Waals surface area contributed by atoms with Crippen LogP contribution in [0.3, 0.4) is 0 Å². The normalized spacial score (nSPS) is 21.2. The molecule has 2 atom stereocenters. The number of hydrogen-bond acceptors (Lipinski definition) is 3. The van der Waals surface area contributed by atoms with E-state index in [1.807, 2.05) is 48.4 Å². The number of ether oxygens (including phenoxy) is 1. The molecule has 1 aliphatic heterocycles. The third-order valence-electron chi connectivity index (χ3n) is 3.92. The number of nitrogens with one attached hydrogen (secondary N) is 1. The average Bonchev–Trinajstić information content (AvgIpc) is 3.03. The molecule has 0 unspecified atom stereocenters. The van der Waals surface area contributed by atoms with E-state index in [1.165, 1.54) is 0 Å². The van der Waals surface area contributed by atoms with E-state index in [1.54, 1.807) is 10.9 Å². The molecule has 23 heavy (non-hydrogen) atoms. The van der Waals surface area contributed by atoms with Crippen molar-refractivity contribution in [2.45, 2.75) is 32.5 Å². The van der Waals surface area contributed by atoms with Gasteiger partial charge in [0.15, 0.2) is 0 Å². The fourth-order valence-electron chi connectivity index (χ4n) is 2.75.